The Morgan fingerprint density at radius 2 is 1.87 bits per heavy atom. The van der Waals surface area contributed by atoms with Gasteiger partial charge in [-0.3, -0.25) is 0 Å². The van der Waals surface area contributed by atoms with E-state index in [4.69, 9.17) is 0 Å². The second-order valence-electron chi connectivity index (χ2n) is 3.94. The summed E-state index contributed by atoms with van der Waals surface area (Å²) in [6.07, 6.45) is 1.13. The molecule has 1 aromatic rings. The van der Waals surface area contributed by atoms with Crippen LogP contribution in [-0.2, 0) is 15.4 Å². The molecule has 0 aliphatic carbocycles. The fourth-order valence-electron chi connectivity index (χ4n) is 1.41. The summed E-state index contributed by atoms with van der Waals surface area (Å²) in [5.41, 5.74) is -0.800. The van der Waals surface area contributed by atoms with E-state index in [0.29, 0.717) is 10.0 Å². The van der Waals surface area contributed by atoms with Gasteiger partial charge in [-0.2, -0.15) is 0 Å². The molecule has 1 N–H and O–H groups in total. The Hall–Kier alpha value is -0.390. The molecular formula is C10H13BrO3S. The largest absolute Gasteiger partial charge is 0.386 e. The molecule has 0 heterocycles. The monoisotopic (exact) mass is 292 g/mol. The number of hydrogen-bond acceptors (Lipinski definition) is 3. The lowest BCUT2D eigenvalue weighted by Crippen LogP contribution is -2.20. The zero-order chi connectivity index (χ0) is 11.9. The highest BCUT2D eigenvalue weighted by Gasteiger charge is 2.26. The van der Waals surface area contributed by atoms with Gasteiger partial charge in [0.25, 0.3) is 0 Å². The van der Waals surface area contributed by atoms with E-state index in [1.165, 1.54) is 6.07 Å². The van der Waals surface area contributed by atoms with Gasteiger partial charge >= 0.3 is 0 Å². The molecule has 5 heteroatoms. The highest BCUT2D eigenvalue weighted by Crippen LogP contribution is 2.33. The number of hydrogen-bond donors (Lipinski definition) is 1. The summed E-state index contributed by atoms with van der Waals surface area (Å²) in [5, 5.41) is 9.92. The van der Waals surface area contributed by atoms with Crippen LogP contribution >= 0.6 is 15.9 Å². The Morgan fingerprint density at radius 3 is 2.20 bits per heavy atom. The van der Waals surface area contributed by atoms with E-state index < -0.39 is 15.4 Å². The summed E-state index contributed by atoms with van der Waals surface area (Å²) in [6.45, 7) is 3.11. The maximum atomic E-state index is 11.5. The second kappa shape index (κ2) is 3.88. The molecule has 0 spiro atoms. The smallest absolute Gasteiger partial charge is 0.175 e. The Bertz CT molecular complexity index is 472. The van der Waals surface area contributed by atoms with Gasteiger partial charge in [-0.05, 0) is 26.0 Å². The predicted molar refractivity (Wildman–Crippen MR) is 62.5 cm³/mol. The molecule has 0 saturated carbocycles. The van der Waals surface area contributed by atoms with Gasteiger partial charge in [0.05, 0.1) is 10.5 Å². The van der Waals surface area contributed by atoms with E-state index in [9.17, 15) is 13.5 Å². The van der Waals surface area contributed by atoms with Crippen LogP contribution in [0, 0.1) is 0 Å². The molecule has 0 atom stereocenters. The van der Waals surface area contributed by atoms with Crippen LogP contribution in [0.1, 0.15) is 19.4 Å². The molecule has 84 valence electrons. The molecule has 0 unspecified atom stereocenters. The number of halogens is 1. The average molecular weight is 293 g/mol. The highest BCUT2D eigenvalue weighted by atomic mass is 79.9. The zero-order valence-corrected chi connectivity index (χ0v) is 11.2. The first kappa shape index (κ1) is 12.7. The quantitative estimate of drug-likeness (QED) is 0.908. The van der Waals surface area contributed by atoms with E-state index in [2.05, 4.69) is 15.9 Å². The van der Waals surface area contributed by atoms with Gasteiger partial charge in [-0.15, -0.1) is 0 Å². The van der Waals surface area contributed by atoms with Crippen LogP contribution in [0.25, 0.3) is 0 Å². The van der Waals surface area contributed by atoms with Crippen molar-refractivity contribution in [3.05, 3.63) is 28.2 Å². The Morgan fingerprint density at radius 1 is 1.33 bits per heavy atom. The number of aliphatic hydroxyl groups is 1. The van der Waals surface area contributed by atoms with Gasteiger partial charge in [-0.25, -0.2) is 8.42 Å². The fraction of sp³-hybridized carbons (Fsp3) is 0.400. The van der Waals surface area contributed by atoms with E-state index in [-0.39, 0.29) is 4.90 Å². The van der Waals surface area contributed by atoms with Crippen LogP contribution in [0.3, 0.4) is 0 Å². The van der Waals surface area contributed by atoms with Crippen LogP contribution < -0.4 is 0 Å². The highest BCUT2D eigenvalue weighted by molar-refractivity contribution is 9.10. The first-order valence-corrected chi connectivity index (χ1v) is 7.04. The average Bonchev–Trinajstić information content (AvgIpc) is 1.99. The van der Waals surface area contributed by atoms with Crippen molar-refractivity contribution in [2.75, 3.05) is 6.26 Å². The molecule has 0 saturated heterocycles. The van der Waals surface area contributed by atoms with Crippen LogP contribution in [0.4, 0.5) is 0 Å². The van der Waals surface area contributed by atoms with Crippen molar-refractivity contribution in [1.82, 2.24) is 0 Å². The summed E-state index contributed by atoms with van der Waals surface area (Å²) in [5.74, 6) is 0. The topological polar surface area (TPSA) is 54.4 Å². The van der Waals surface area contributed by atoms with Gasteiger partial charge in [0.2, 0.25) is 0 Å². The first-order chi connectivity index (χ1) is 6.64. The molecule has 0 bridgehead atoms. The number of benzene rings is 1. The Kier molecular flexibility index (Phi) is 3.28. The zero-order valence-electron chi connectivity index (χ0n) is 8.78. The Balaban J connectivity index is 3.63. The molecule has 0 radical (unpaired) electrons. The van der Waals surface area contributed by atoms with Crippen molar-refractivity contribution in [2.24, 2.45) is 0 Å². The maximum absolute atomic E-state index is 11.5. The van der Waals surface area contributed by atoms with Crippen molar-refractivity contribution in [3.63, 3.8) is 0 Å². The third-order valence-electron chi connectivity index (χ3n) is 1.99. The maximum Gasteiger partial charge on any atom is 0.175 e. The first-order valence-electron chi connectivity index (χ1n) is 4.35. The van der Waals surface area contributed by atoms with Crippen LogP contribution in [0.5, 0.6) is 0 Å². The third-order valence-corrected chi connectivity index (χ3v) is 3.79. The van der Waals surface area contributed by atoms with Crippen molar-refractivity contribution in [1.29, 1.82) is 0 Å². The lowest BCUT2D eigenvalue weighted by molar-refractivity contribution is 0.0747. The predicted octanol–water partition coefficient (Wildman–Crippen LogP) is 2.08. The van der Waals surface area contributed by atoms with Gasteiger partial charge in [0, 0.05) is 16.3 Å². The summed E-state index contributed by atoms with van der Waals surface area (Å²) in [4.78, 5) is 0.157. The normalized spacial score (nSPS) is 12.9. The van der Waals surface area contributed by atoms with Crippen LogP contribution in [0.2, 0.25) is 0 Å². The second-order valence-corrected chi connectivity index (χ2v) is 6.78. The summed E-state index contributed by atoms with van der Waals surface area (Å²) in [7, 11) is -3.33. The van der Waals surface area contributed by atoms with E-state index in [1.54, 1.807) is 26.0 Å². The van der Waals surface area contributed by atoms with Crippen molar-refractivity contribution < 1.29 is 13.5 Å². The molecule has 0 fully saturated rings. The molecular weight excluding hydrogens is 280 g/mol. The molecule has 1 rings (SSSR count). The number of rotatable bonds is 2. The Labute approximate surface area is 98.2 Å². The molecule has 0 aromatic heterocycles. The molecule has 1 aromatic carbocycles. The molecule has 3 nitrogen and oxygen atoms in total. The molecule has 0 aliphatic heterocycles. The van der Waals surface area contributed by atoms with Crippen molar-refractivity contribution in [2.45, 2.75) is 24.3 Å². The van der Waals surface area contributed by atoms with Gasteiger partial charge in [0.15, 0.2) is 9.84 Å². The van der Waals surface area contributed by atoms with Gasteiger partial charge < -0.3 is 5.11 Å². The van der Waals surface area contributed by atoms with Crippen LogP contribution in [0.15, 0.2) is 27.6 Å². The minimum Gasteiger partial charge on any atom is -0.386 e. The standard InChI is InChI=1S/C10H13BrO3S/c1-10(2,12)9-7(11)5-4-6-8(9)15(3,13)14/h4-6,12H,1-3H3. The van der Waals surface area contributed by atoms with Crippen LogP contribution in [-0.4, -0.2) is 19.8 Å². The minimum absolute atomic E-state index is 0.157. The lowest BCUT2D eigenvalue weighted by Gasteiger charge is -2.22. The fourth-order valence-corrected chi connectivity index (χ4v) is 3.45. The minimum atomic E-state index is -3.33. The lowest BCUT2D eigenvalue weighted by atomic mass is 9.99. The third kappa shape index (κ3) is 2.80. The summed E-state index contributed by atoms with van der Waals surface area (Å²) >= 11 is 3.25. The molecule has 0 aliphatic rings. The SMILES string of the molecule is CC(C)(O)c1c(Br)cccc1S(C)(=O)=O. The number of sulfone groups is 1. The van der Waals surface area contributed by atoms with Gasteiger partial charge in [-0.1, -0.05) is 22.0 Å². The molecule has 15 heavy (non-hydrogen) atoms. The van der Waals surface area contributed by atoms with E-state index in [0.717, 1.165) is 6.26 Å². The van der Waals surface area contributed by atoms with Crippen molar-refractivity contribution in [3.8, 4) is 0 Å². The van der Waals surface area contributed by atoms with Crippen molar-refractivity contribution >= 4 is 25.8 Å². The van der Waals surface area contributed by atoms with Gasteiger partial charge in [0.1, 0.15) is 0 Å². The summed E-state index contributed by atoms with van der Waals surface area (Å²) in [6, 6.07) is 4.84. The van der Waals surface area contributed by atoms with E-state index in [1.807, 2.05) is 0 Å². The molecule has 0 amide bonds. The summed E-state index contributed by atoms with van der Waals surface area (Å²) < 4.78 is 23.6. The van der Waals surface area contributed by atoms with E-state index >= 15 is 0 Å².